The van der Waals surface area contributed by atoms with Crippen LogP contribution in [0.2, 0.25) is 0 Å². The van der Waals surface area contributed by atoms with E-state index in [1.54, 1.807) is 0 Å². The first-order valence-corrected chi connectivity index (χ1v) is 7.62. The average molecular weight is 314 g/mol. The number of hydrogen-bond donors (Lipinski definition) is 2. The molecule has 1 aliphatic rings. The molecule has 120 valence electrons. The van der Waals surface area contributed by atoms with Crippen LogP contribution in [0.25, 0.3) is 0 Å². The molecular formula is C18H19FN2O2. The Bertz CT molecular complexity index is 727. The smallest absolute Gasteiger partial charge is 0.262 e. The van der Waals surface area contributed by atoms with Crippen LogP contribution in [0.5, 0.6) is 5.75 Å². The van der Waals surface area contributed by atoms with Crippen LogP contribution in [-0.4, -0.2) is 12.5 Å². The summed E-state index contributed by atoms with van der Waals surface area (Å²) < 4.78 is 19.4. The van der Waals surface area contributed by atoms with Gasteiger partial charge in [0.15, 0.2) is 6.61 Å². The summed E-state index contributed by atoms with van der Waals surface area (Å²) in [5, 5.41) is 5.87. The average Bonchev–Trinajstić information content (AvgIpc) is 2.54. The Kier molecular flexibility index (Phi) is 4.19. The first kappa shape index (κ1) is 15.3. The molecule has 1 aliphatic heterocycles. The minimum absolute atomic E-state index is 0.0395. The summed E-state index contributed by atoms with van der Waals surface area (Å²) in [4.78, 5) is 11.5. The van der Waals surface area contributed by atoms with Gasteiger partial charge in [-0.05, 0) is 35.7 Å². The van der Waals surface area contributed by atoms with Gasteiger partial charge in [0.2, 0.25) is 0 Å². The zero-order valence-corrected chi connectivity index (χ0v) is 13.2. The molecule has 0 radical (unpaired) electrons. The highest BCUT2D eigenvalue weighted by Crippen LogP contribution is 2.33. The normalized spacial score (nSPS) is 13.3. The van der Waals surface area contributed by atoms with E-state index in [1.165, 1.54) is 17.7 Å². The van der Waals surface area contributed by atoms with Crippen LogP contribution in [0.3, 0.4) is 0 Å². The number of hydrogen-bond acceptors (Lipinski definition) is 3. The summed E-state index contributed by atoms with van der Waals surface area (Å²) in [6.45, 7) is 4.50. The van der Waals surface area contributed by atoms with Crippen molar-refractivity contribution < 1.29 is 13.9 Å². The van der Waals surface area contributed by atoms with Gasteiger partial charge in [0.1, 0.15) is 11.6 Å². The van der Waals surface area contributed by atoms with E-state index in [9.17, 15) is 9.18 Å². The van der Waals surface area contributed by atoms with Crippen LogP contribution in [-0.2, 0) is 11.3 Å². The third-order valence-corrected chi connectivity index (χ3v) is 3.89. The van der Waals surface area contributed by atoms with E-state index in [1.807, 2.05) is 12.1 Å². The molecule has 1 amide bonds. The highest BCUT2D eigenvalue weighted by molar-refractivity contribution is 5.96. The number of carbonyl (C=O) groups is 1. The second-order valence-corrected chi connectivity index (χ2v) is 5.87. The molecule has 0 aromatic heterocycles. The number of ether oxygens (including phenoxy) is 1. The third kappa shape index (κ3) is 3.28. The fourth-order valence-corrected chi connectivity index (χ4v) is 2.53. The van der Waals surface area contributed by atoms with Gasteiger partial charge in [-0.15, -0.1) is 0 Å². The second kappa shape index (κ2) is 6.28. The number of fused-ring (bicyclic) bond motifs is 1. The number of carbonyl (C=O) groups excluding carboxylic acids is 1. The molecule has 0 saturated carbocycles. The van der Waals surface area contributed by atoms with E-state index >= 15 is 0 Å². The fraction of sp³-hybridized carbons (Fsp3) is 0.278. The van der Waals surface area contributed by atoms with E-state index in [4.69, 9.17) is 4.74 Å². The lowest BCUT2D eigenvalue weighted by Crippen LogP contribution is -2.27. The Morgan fingerprint density at radius 1 is 1.22 bits per heavy atom. The van der Waals surface area contributed by atoms with Gasteiger partial charge in [-0.1, -0.05) is 26.0 Å². The first-order valence-electron chi connectivity index (χ1n) is 7.62. The molecule has 3 rings (SSSR count). The van der Waals surface area contributed by atoms with Crippen molar-refractivity contribution in [1.29, 1.82) is 0 Å². The van der Waals surface area contributed by atoms with Crippen molar-refractivity contribution in [3.8, 4) is 5.75 Å². The second-order valence-electron chi connectivity index (χ2n) is 5.87. The lowest BCUT2D eigenvalue weighted by molar-refractivity contribution is -0.118. The van der Waals surface area contributed by atoms with Crippen molar-refractivity contribution >= 4 is 17.3 Å². The van der Waals surface area contributed by atoms with Gasteiger partial charge >= 0.3 is 0 Å². The van der Waals surface area contributed by atoms with Gasteiger partial charge in [-0.2, -0.15) is 0 Å². The van der Waals surface area contributed by atoms with Gasteiger partial charge in [0.05, 0.1) is 5.69 Å². The lowest BCUT2D eigenvalue weighted by Gasteiger charge is -2.21. The molecule has 5 heteroatoms. The van der Waals surface area contributed by atoms with Crippen LogP contribution in [0.15, 0.2) is 36.4 Å². The topological polar surface area (TPSA) is 50.4 Å². The molecule has 2 aromatic carbocycles. The summed E-state index contributed by atoms with van der Waals surface area (Å²) in [7, 11) is 0. The molecule has 0 unspecified atom stereocenters. The Labute approximate surface area is 134 Å². The van der Waals surface area contributed by atoms with Crippen molar-refractivity contribution in [1.82, 2.24) is 0 Å². The van der Waals surface area contributed by atoms with Gasteiger partial charge in [0.25, 0.3) is 5.91 Å². The maximum atomic E-state index is 14.1. The maximum Gasteiger partial charge on any atom is 0.262 e. The molecule has 4 nitrogen and oxygen atoms in total. The Hall–Kier alpha value is -2.56. The number of rotatable bonds is 4. The molecule has 0 fully saturated rings. The first-order chi connectivity index (χ1) is 11.0. The van der Waals surface area contributed by atoms with Crippen molar-refractivity contribution in [2.45, 2.75) is 26.3 Å². The van der Waals surface area contributed by atoms with E-state index in [0.717, 1.165) is 5.69 Å². The van der Waals surface area contributed by atoms with E-state index in [-0.39, 0.29) is 24.9 Å². The minimum atomic E-state index is -0.374. The molecule has 23 heavy (non-hydrogen) atoms. The Morgan fingerprint density at radius 3 is 2.65 bits per heavy atom. The van der Waals surface area contributed by atoms with E-state index in [0.29, 0.717) is 22.9 Å². The Morgan fingerprint density at radius 2 is 1.96 bits per heavy atom. The predicted octanol–water partition coefficient (Wildman–Crippen LogP) is 3.89. The van der Waals surface area contributed by atoms with E-state index < -0.39 is 0 Å². The summed E-state index contributed by atoms with van der Waals surface area (Å²) in [6, 6.07) is 10.9. The van der Waals surface area contributed by atoms with Crippen LogP contribution >= 0.6 is 0 Å². The standard InChI is InChI=1S/C18H19FN2O2/c1-11(2)12-3-5-13(6-4-12)20-9-14-15(19)7-8-16-18(14)21-17(22)10-23-16/h3-8,11,20H,9-10H2,1-2H3,(H,21,22). The number of halogens is 1. The van der Waals surface area contributed by atoms with Crippen LogP contribution in [0.1, 0.15) is 30.9 Å². The molecule has 0 spiro atoms. The van der Waals surface area contributed by atoms with Gasteiger partial charge in [-0.3, -0.25) is 4.79 Å². The fourth-order valence-electron chi connectivity index (χ4n) is 2.53. The van der Waals surface area contributed by atoms with Gasteiger partial charge in [0, 0.05) is 17.8 Å². The van der Waals surface area contributed by atoms with Crippen LogP contribution in [0.4, 0.5) is 15.8 Å². The van der Waals surface area contributed by atoms with E-state index in [2.05, 4.69) is 36.6 Å². The van der Waals surface area contributed by atoms with Crippen molar-refractivity contribution in [3.05, 3.63) is 53.3 Å². The third-order valence-electron chi connectivity index (χ3n) is 3.89. The molecule has 2 aromatic rings. The lowest BCUT2D eigenvalue weighted by atomic mass is 10.0. The number of nitrogens with one attached hydrogen (secondary N) is 2. The number of benzene rings is 2. The molecule has 0 atom stereocenters. The maximum absolute atomic E-state index is 14.1. The quantitative estimate of drug-likeness (QED) is 0.900. The summed E-state index contributed by atoms with van der Waals surface area (Å²) in [5.41, 5.74) is 2.95. The SMILES string of the molecule is CC(C)c1ccc(NCc2c(F)ccc3c2NC(=O)CO3)cc1. The van der Waals surface area contributed by atoms with Gasteiger partial charge in [-0.25, -0.2) is 4.39 Å². The largest absolute Gasteiger partial charge is 0.482 e. The predicted molar refractivity (Wildman–Crippen MR) is 88.4 cm³/mol. The molecule has 2 N–H and O–H groups in total. The van der Waals surface area contributed by atoms with Crippen LogP contribution < -0.4 is 15.4 Å². The molecule has 0 bridgehead atoms. The van der Waals surface area contributed by atoms with Crippen LogP contribution in [0, 0.1) is 5.82 Å². The highest BCUT2D eigenvalue weighted by Gasteiger charge is 2.21. The minimum Gasteiger partial charge on any atom is -0.482 e. The molecular weight excluding hydrogens is 295 g/mol. The van der Waals surface area contributed by atoms with Crippen molar-refractivity contribution in [2.24, 2.45) is 0 Å². The zero-order valence-electron chi connectivity index (χ0n) is 13.2. The van der Waals surface area contributed by atoms with Crippen molar-refractivity contribution in [2.75, 3.05) is 17.2 Å². The van der Waals surface area contributed by atoms with Crippen molar-refractivity contribution in [3.63, 3.8) is 0 Å². The molecule has 0 aliphatic carbocycles. The zero-order chi connectivity index (χ0) is 16.4. The summed E-state index contributed by atoms with van der Waals surface area (Å²) in [5.74, 6) is 0.319. The summed E-state index contributed by atoms with van der Waals surface area (Å²) in [6.07, 6.45) is 0. The summed E-state index contributed by atoms with van der Waals surface area (Å²) >= 11 is 0. The van der Waals surface area contributed by atoms with Gasteiger partial charge < -0.3 is 15.4 Å². The Balaban J connectivity index is 1.79. The highest BCUT2D eigenvalue weighted by atomic mass is 19.1. The molecule has 1 heterocycles. The molecule has 0 saturated heterocycles. The monoisotopic (exact) mass is 314 g/mol. The number of amides is 1. The number of anilines is 2.